The lowest BCUT2D eigenvalue weighted by molar-refractivity contribution is -0.184. The van der Waals surface area contributed by atoms with Crippen LogP contribution in [-0.4, -0.2) is 114 Å². The number of esters is 2. The molecule has 21 nitrogen and oxygen atoms in total. The maximum atomic E-state index is 14.3. The third kappa shape index (κ3) is 25.1. The van der Waals surface area contributed by atoms with E-state index in [1.54, 1.807) is 0 Å². The van der Waals surface area contributed by atoms with Crippen molar-refractivity contribution >= 4 is 39.2 Å². The Morgan fingerprint density at radius 2 is 1.47 bits per heavy atom. The van der Waals surface area contributed by atoms with Crippen LogP contribution in [0.1, 0.15) is 181 Å². The van der Waals surface area contributed by atoms with Crippen molar-refractivity contribution in [3.8, 4) is 0 Å². The molecule has 2 aliphatic rings. The summed E-state index contributed by atoms with van der Waals surface area (Å²) >= 11 is 0. The Balaban J connectivity index is 1.77. The molecule has 23 heteroatoms. The number of hydrogen-bond donors (Lipinski definition) is 7. The zero-order chi connectivity index (χ0) is 53.1. The van der Waals surface area contributed by atoms with E-state index >= 15 is 0 Å². The molecule has 0 aromatic carbocycles. The summed E-state index contributed by atoms with van der Waals surface area (Å²) in [5, 5.41) is 45.5. The minimum absolute atomic E-state index is 0.000693. The molecule has 2 saturated heterocycles. The zero-order valence-corrected chi connectivity index (χ0v) is 44.4. The van der Waals surface area contributed by atoms with Gasteiger partial charge in [0.1, 0.15) is 36.6 Å². The molecule has 2 fully saturated rings. The highest BCUT2D eigenvalue weighted by Gasteiger charge is 2.45. The van der Waals surface area contributed by atoms with Crippen LogP contribution in [0.3, 0.4) is 0 Å². The maximum Gasteiger partial charge on any atom is 0.481 e. The molecule has 0 amide bonds. The lowest BCUT2D eigenvalue weighted by Gasteiger charge is -2.38. The Hall–Kier alpha value is -2.91. The summed E-state index contributed by atoms with van der Waals surface area (Å²) in [5.41, 5.74) is 4.75. The van der Waals surface area contributed by atoms with E-state index in [9.17, 15) is 58.5 Å². The van der Waals surface area contributed by atoms with Crippen molar-refractivity contribution in [2.24, 2.45) is 17.8 Å². The highest BCUT2D eigenvalue weighted by molar-refractivity contribution is 7.61. The SMILES string of the molecule is CCCCC[C@H](O)/C=C\[C@@H]1[C@H](O)[C@H](O)[C@H]2COP(=O)(O)OP(=O)(O)OC[C@@H](COC(=O)CCCCCCCCCCCCCC(C)C)OC(=O)CCCCCC[C@@H](C(=O)C[C@H]1O)[C@H](n1ccc(N)nc1=O)O2. The molecule has 8 N–H and O–H groups in total. The summed E-state index contributed by atoms with van der Waals surface area (Å²) in [4.78, 5) is 78.4. The maximum absolute atomic E-state index is 14.3. The van der Waals surface area contributed by atoms with Crippen LogP contribution < -0.4 is 11.4 Å². The molecule has 3 rings (SSSR count). The number of ether oxygens (including phenoxy) is 3. The minimum atomic E-state index is -5.71. The third-order valence-electron chi connectivity index (χ3n) is 12.9. The molecule has 0 radical (unpaired) electrons. The molecule has 11 atom stereocenters. The molecule has 1 aromatic rings. The van der Waals surface area contributed by atoms with E-state index < -0.39 is 120 Å². The number of nitrogens with zero attached hydrogens (tertiary/aromatic N) is 2. The number of Topliss-reactive ketones (excluding diaryl/α,β-unsaturated/α-hetero) is 1. The van der Waals surface area contributed by atoms with Crippen LogP contribution in [0, 0.1) is 17.8 Å². The number of ketones is 1. The number of aliphatic hydroxyl groups is 4. The molecule has 72 heavy (non-hydrogen) atoms. The number of nitrogens with two attached hydrogens (primary N) is 1. The molecule has 2 unspecified atom stereocenters. The van der Waals surface area contributed by atoms with Crippen molar-refractivity contribution in [1.82, 2.24) is 9.55 Å². The average Bonchev–Trinajstić information content (AvgIpc) is 3.30. The monoisotopic (exact) mass is 1070 g/mol. The van der Waals surface area contributed by atoms with Crippen molar-refractivity contribution in [3.63, 3.8) is 0 Å². The largest absolute Gasteiger partial charge is 0.481 e. The summed E-state index contributed by atoms with van der Waals surface area (Å²) < 4.78 is 58.9. The van der Waals surface area contributed by atoms with E-state index in [0.29, 0.717) is 38.5 Å². The number of nitrogen functional groups attached to an aromatic ring is 1. The smallest absolute Gasteiger partial charge is 0.462 e. The number of anilines is 1. The second-order valence-corrected chi connectivity index (χ2v) is 22.7. The van der Waals surface area contributed by atoms with E-state index in [1.165, 1.54) is 69.4 Å². The fraction of sp³-hybridized carbons (Fsp3) is 0.816. The minimum Gasteiger partial charge on any atom is -0.462 e. The van der Waals surface area contributed by atoms with Crippen LogP contribution in [0.5, 0.6) is 0 Å². The van der Waals surface area contributed by atoms with Gasteiger partial charge >= 0.3 is 33.3 Å². The van der Waals surface area contributed by atoms with Crippen LogP contribution in [0.15, 0.2) is 29.2 Å². The predicted molar refractivity (Wildman–Crippen MR) is 267 cm³/mol. The number of phosphoric ester groups is 2. The Morgan fingerprint density at radius 1 is 0.861 bits per heavy atom. The van der Waals surface area contributed by atoms with Crippen molar-refractivity contribution in [2.45, 2.75) is 218 Å². The number of cyclic esters (lactones) is 1. The first kappa shape index (κ1) is 63.4. The molecule has 3 heterocycles. The van der Waals surface area contributed by atoms with Gasteiger partial charge in [-0.05, 0) is 37.7 Å². The Kier molecular flexibility index (Phi) is 29.8. The number of hydrogen-bond acceptors (Lipinski definition) is 18. The van der Waals surface area contributed by atoms with Gasteiger partial charge in [0.05, 0.1) is 37.4 Å². The molecule has 0 aliphatic carbocycles. The Bertz CT molecular complexity index is 1940. The quantitative estimate of drug-likeness (QED) is 0.0245. The van der Waals surface area contributed by atoms with Gasteiger partial charge in [0.15, 0.2) is 6.10 Å². The van der Waals surface area contributed by atoms with Gasteiger partial charge in [-0.2, -0.15) is 9.29 Å². The van der Waals surface area contributed by atoms with E-state index in [1.807, 2.05) is 6.92 Å². The number of carbonyl (C=O) groups excluding carboxylic acids is 3. The number of unbranched alkanes of at least 4 members (excludes halogenated alkanes) is 12. The Labute approximate surface area is 424 Å². The van der Waals surface area contributed by atoms with E-state index in [4.69, 9.17) is 29.0 Å². The first-order valence-corrected chi connectivity index (χ1v) is 29.2. The van der Waals surface area contributed by atoms with E-state index in [2.05, 4.69) is 23.1 Å². The highest BCUT2D eigenvalue weighted by atomic mass is 31.3. The zero-order valence-electron chi connectivity index (χ0n) is 42.6. The van der Waals surface area contributed by atoms with Crippen LogP contribution in [0.4, 0.5) is 5.82 Å². The van der Waals surface area contributed by atoms with Crippen LogP contribution in [0.2, 0.25) is 0 Å². The van der Waals surface area contributed by atoms with Gasteiger partial charge in [0.25, 0.3) is 0 Å². The van der Waals surface area contributed by atoms with E-state index in [0.717, 1.165) is 49.0 Å². The fourth-order valence-corrected chi connectivity index (χ4v) is 10.9. The van der Waals surface area contributed by atoms with Crippen molar-refractivity contribution in [3.05, 3.63) is 34.9 Å². The molecular weight excluding hydrogens is 980 g/mol. The number of fused-ring (bicyclic) bond motifs is 3. The van der Waals surface area contributed by atoms with E-state index in [-0.39, 0.29) is 31.5 Å². The molecule has 414 valence electrons. The number of carbonyl (C=O) groups is 3. The average molecular weight is 1070 g/mol. The fourth-order valence-electron chi connectivity index (χ4n) is 8.74. The number of aromatic nitrogens is 2. The van der Waals surface area contributed by atoms with Crippen LogP contribution in [-0.2, 0) is 51.1 Å². The first-order chi connectivity index (χ1) is 34.2. The molecule has 0 spiro atoms. The summed E-state index contributed by atoms with van der Waals surface area (Å²) in [5.74, 6) is -4.15. The van der Waals surface area contributed by atoms with Crippen molar-refractivity contribution < 1.29 is 81.3 Å². The number of aliphatic hydroxyl groups excluding tert-OH is 4. The van der Waals surface area contributed by atoms with Gasteiger partial charge in [0.2, 0.25) is 0 Å². The first-order valence-electron chi connectivity index (χ1n) is 26.2. The normalized spacial score (nSPS) is 29.5. The van der Waals surface area contributed by atoms with Crippen LogP contribution >= 0.6 is 15.6 Å². The van der Waals surface area contributed by atoms with Gasteiger partial charge in [-0.25, -0.2) is 13.9 Å². The van der Waals surface area contributed by atoms with Crippen LogP contribution in [0.25, 0.3) is 0 Å². The van der Waals surface area contributed by atoms with Gasteiger partial charge < -0.3 is 50.2 Å². The molecule has 1 aromatic heterocycles. The number of phosphoric acid groups is 2. The summed E-state index contributed by atoms with van der Waals surface area (Å²) in [7, 11) is -11.3. The molecule has 2 bridgehead atoms. The lowest BCUT2D eigenvalue weighted by Crippen LogP contribution is -2.51. The summed E-state index contributed by atoms with van der Waals surface area (Å²) in [6.45, 7) is 3.79. The van der Waals surface area contributed by atoms with Gasteiger partial charge in [-0.15, -0.1) is 0 Å². The number of rotatable bonds is 23. The standard InChI is InChI=1S/C49H85N3O18P2/c1-4-5-17-23-36(53)27-28-38-40(54)31-41(55)39-24-19-15-16-21-26-45(57)68-37(32-65-44(56)25-20-14-12-10-8-6-7-9-11-13-18-22-35(2)3)33-66-71(61,62)70-72(63,64)67-34-42(47(59)46(38)58)69-48(39)52-30-29-43(50)51-49(52)60/h27-30,35-40,42,46-48,53-54,58-59H,4-26,31-34H2,1-3H3,(H,61,62)(H,63,64)(H2,50,51,60)/b28-27-/t36-,37+,38-,39-,40+,42+,46-,47+,48+/m0/s1. The highest BCUT2D eigenvalue weighted by Crippen LogP contribution is 2.60. The second kappa shape index (κ2) is 33.9. The topological polar surface area (TPSA) is 323 Å². The third-order valence-corrected chi connectivity index (χ3v) is 15.5. The predicted octanol–water partition coefficient (Wildman–Crippen LogP) is 7.28. The van der Waals surface area contributed by atoms with Gasteiger partial charge in [-0.3, -0.25) is 28.0 Å². The lowest BCUT2D eigenvalue weighted by atomic mass is 9.83. The van der Waals surface area contributed by atoms with Crippen molar-refractivity contribution in [1.29, 1.82) is 0 Å². The summed E-state index contributed by atoms with van der Waals surface area (Å²) in [6, 6.07) is 1.23. The molecular formula is C49H85N3O18P2. The van der Waals surface area contributed by atoms with Gasteiger partial charge in [0, 0.05) is 31.4 Å². The summed E-state index contributed by atoms with van der Waals surface area (Å²) in [6.07, 6.45) is 8.69. The molecule has 0 saturated carbocycles. The second-order valence-electron chi connectivity index (χ2n) is 19.6. The Morgan fingerprint density at radius 3 is 2.11 bits per heavy atom. The van der Waals surface area contributed by atoms with Gasteiger partial charge in [-0.1, -0.05) is 142 Å². The van der Waals surface area contributed by atoms with Crippen molar-refractivity contribution in [2.75, 3.05) is 25.6 Å². The molecule has 2 aliphatic heterocycles.